The number of aliphatic hydroxyl groups excluding tert-OH is 1. The first-order chi connectivity index (χ1) is 9.51. The first-order valence-corrected chi connectivity index (χ1v) is 6.80. The fourth-order valence-electron chi connectivity index (χ4n) is 1.98. The molecular formula is C14H22N2O4. The maximum absolute atomic E-state index is 11.2. The van der Waals surface area contributed by atoms with Crippen molar-refractivity contribution >= 4 is 11.4 Å². The molecule has 0 aromatic heterocycles. The third kappa shape index (κ3) is 4.18. The molecule has 1 aromatic rings. The minimum atomic E-state index is -0.721. The minimum Gasteiger partial charge on any atom is -0.389 e. The molecule has 0 radical (unpaired) electrons. The van der Waals surface area contributed by atoms with E-state index in [1.807, 2.05) is 18.7 Å². The third-order valence-corrected chi connectivity index (χ3v) is 3.11. The van der Waals surface area contributed by atoms with E-state index in [-0.39, 0.29) is 5.69 Å². The molecule has 1 rings (SSSR count). The molecule has 0 bridgehead atoms. The molecule has 0 amide bonds. The number of likely N-dealkylation sites (N-methyl/N-ethyl adjacent to an activating group) is 1. The van der Waals surface area contributed by atoms with Crippen LogP contribution in [0.15, 0.2) is 18.2 Å². The molecule has 0 spiro atoms. The van der Waals surface area contributed by atoms with Crippen LogP contribution in [0, 0.1) is 10.1 Å². The van der Waals surface area contributed by atoms with E-state index in [0.29, 0.717) is 37.6 Å². The lowest BCUT2D eigenvalue weighted by Gasteiger charge is -2.23. The van der Waals surface area contributed by atoms with Gasteiger partial charge in [0, 0.05) is 25.8 Å². The van der Waals surface area contributed by atoms with Crippen LogP contribution in [0.25, 0.3) is 0 Å². The number of nitro groups is 1. The van der Waals surface area contributed by atoms with Gasteiger partial charge in [0.2, 0.25) is 0 Å². The highest BCUT2D eigenvalue weighted by Gasteiger charge is 2.20. The first kappa shape index (κ1) is 16.4. The summed E-state index contributed by atoms with van der Waals surface area (Å²) in [5.41, 5.74) is 1.12. The standard InChI is InChI=1S/C14H22N2O4/c1-4-15(8-9-20-5-2)13-7-6-12(11(3)17)10-14(13)16(18)19/h6-7,10-11,17H,4-5,8-9H2,1-3H3. The molecule has 112 valence electrons. The molecule has 20 heavy (non-hydrogen) atoms. The summed E-state index contributed by atoms with van der Waals surface area (Å²) in [4.78, 5) is 12.7. The van der Waals surface area contributed by atoms with Gasteiger partial charge in [-0.3, -0.25) is 10.1 Å². The quantitative estimate of drug-likeness (QED) is 0.450. The van der Waals surface area contributed by atoms with Crippen molar-refractivity contribution in [2.75, 3.05) is 31.2 Å². The van der Waals surface area contributed by atoms with Crippen molar-refractivity contribution in [2.24, 2.45) is 0 Å². The van der Waals surface area contributed by atoms with Crippen molar-refractivity contribution in [1.29, 1.82) is 0 Å². The molecule has 1 atom stereocenters. The topological polar surface area (TPSA) is 75.8 Å². The molecule has 0 heterocycles. The summed E-state index contributed by atoms with van der Waals surface area (Å²) in [7, 11) is 0. The molecule has 1 aromatic carbocycles. The molecule has 0 saturated heterocycles. The zero-order valence-electron chi connectivity index (χ0n) is 12.2. The van der Waals surface area contributed by atoms with Gasteiger partial charge in [-0.2, -0.15) is 0 Å². The fourth-order valence-corrected chi connectivity index (χ4v) is 1.98. The van der Waals surface area contributed by atoms with Crippen LogP contribution in [0.3, 0.4) is 0 Å². The zero-order valence-corrected chi connectivity index (χ0v) is 12.2. The Kier molecular flexibility index (Phi) is 6.41. The van der Waals surface area contributed by atoms with E-state index in [1.54, 1.807) is 19.1 Å². The Labute approximate surface area is 119 Å². The molecule has 0 fully saturated rings. The molecule has 6 nitrogen and oxygen atoms in total. The van der Waals surface area contributed by atoms with Crippen molar-refractivity contribution in [1.82, 2.24) is 0 Å². The van der Waals surface area contributed by atoms with Crippen LogP contribution in [0.1, 0.15) is 32.4 Å². The van der Waals surface area contributed by atoms with Gasteiger partial charge in [-0.05, 0) is 32.4 Å². The Balaban J connectivity index is 3.04. The summed E-state index contributed by atoms with van der Waals surface area (Å²) in [6.45, 7) is 7.85. The predicted molar refractivity (Wildman–Crippen MR) is 78.1 cm³/mol. The van der Waals surface area contributed by atoms with E-state index >= 15 is 0 Å². The van der Waals surface area contributed by atoms with Gasteiger partial charge in [0.05, 0.1) is 17.6 Å². The van der Waals surface area contributed by atoms with E-state index in [4.69, 9.17) is 4.74 Å². The average molecular weight is 282 g/mol. The maximum atomic E-state index is 11.2. The van der Waals surface area contributed by atoms with Gasteiger partial charge in [0.25, 0.3) is 5.69 Å². The number of nitrogens with zero attached hydrogens (tertiary/aromatic N) is 2. The molecule has 0 saturated carbocycles. The van der Waals surface area contributed by atoms with Crippen molar-refractivity contribution < 1.29 is 14.8 Å². The number of hydrogen-bond acceptors (Lipinski definition) is 5. The second-order valence-electron chi connectivity index (χ2n) is 4.46. The monoisotopic (exact) mass is 282 g/mol. The van der Waals surface area contributed by atoms with Gasteiger partial charge in [0.1, 0.15) is 5.69 Å². The van der Waals surface area contributed by atoms with Crippen molar-refractivity contribution in [2.45, 2.75) is 26.9 Å². The number of aliphatic hydroxyl groups is 1. The van der Waals surface area contributed by atoms with Gasteiger partial charge >= 0.3 is 0 Å². The summed E-state index contributed by atoms with van der Waals surface area (Å²) in [5.74, 6) is 0. The number of nitro benzene ring substituents is 1. The Bertz CT molecular complexity index is 449. The van der Waals surface area contributed by atoms with Crippen LogP contribution >= 0.6 is 0 Å². The number of anilines is 1. The van der Waals surface area contributed by atoms with Crippen LogP contribution in [0.4, 0.5) is 11.4 Å². The summed E-state index contributed by atoms with van der Waals surface area (Å²) >= 11 is 0. The van der Waals surface area contributed by atoms with E-state index < -0.39 is 11.0 Å². The van der Waals surface area contributed by atoms with Crippen LogP contribution < -0.4 is 4.90 Å². The second kappa shape index (κ2) is 7.81. The molecule has 6 heteroatoms. The van der Waals surface area contributed by atoms with Gasteiger partial charge in [0.15, 0.2) is 0 Å². The summed E-state index contributed by atoms with van der Waals surface area (Å²) < 4.78 is 5.30. The highest BCUT2D eigenvalue weighted by atomic mass is 16.6. The van der Waals surface area contributed by atoms with Crippen LogP contribution in [0.5, 0.6) is 0 Å². The Morgan fingerprint density at radius 2 is 2.15 bits per heavy atom. The number of hydrogen-bond donors (Lipinski definition) is 1. The number of ether oxygens (including phenoxy) is 1. The third-order valence-electron chi connectivity index (χ3n) is 3.11. The number of rotatable bonds is 8. The molecule has 0 aliphatic carbocycles. The molecule has 1 unspecified atom stereocenters. The van der Waals surface area contributed by atoms with Gasteiger partial charge < -0.3 is 14.7 Å². The SMILES string of the molecule is CCOCCN(CC)c1ccc(C(C)O)cc1[N+](=O)[O-]. The van der Waals surface area contributed by atoms with Crippen molar-refractivity contribution in [3.8, 4) is 0 Å². The second-order valence-corrected chi connectivity index (χ2v) is 4.46. The first-order valence-electron chi connectivity index (χ1n) is 6.80. The molecule has 0 aliphatic heterocycles. The fraction of sp³-hybridized carbons (Fsp3) is 0.571. The molecule has 1 N–H and O–H groups in total. The van der Waals surface area contributed by atoms with Gasteiger partial charge in [-0.25, -0.2) is 0 Å². The van der Waals surface area contributed by atoms with Crippen LogP contribution in [-0.4, -0.2) is 36.3 Å². The zero-order chi connectivity index (χ0) is 15.1. The lowest BCUT2D eigenvalue weighted by molar-refractivity contribution is -0.384. The smallest absolute Gasteiger partial charge is 0.292 e. The highest BCUT2D eigenvalue weighted by Crippen LogP contribution is 2.31. The van der Waals surface area contributed by atoms with Crippen LogP contribution in [0.2, 0.25) is 0 Å². The molecular weight excluding hydrogens is 260 g/mol. The van der Waals surface area contributed by atoms with Crippen LogP contribution in [-0.2, 0) is 4.74 Å². The van der Waals surface area contributed by atoms with Gasteiger partial charge in [-0.15, -0.1) is 0 Å². The molecule has 0 aliphatic rings. The van der Waals surface area contributed by atoms with E-state index in [2.05, 4.69) is 0 Å². The van der Waals surface area contributed by atoms with E-state index in [0.717, 1.165) is 0 Å². The number of benzene rings is 1. The normalized spacial score (nSPS) is 12.2. The lowest BCUT2D eigenvalue weighted by Crippen LogP contribution is -2.27. The van der Waals surface area contributed by atoms with E-state index in [9.17, 15) is 15.2 Å². The van der Waals surface area contributed by atoms with E-state index in [1.165, 1.54) is 6.07 Å². The Morgan fingerprint density at radius 3 is 2.65 bits per heavy atom. The lowest BCUT2D eigenvalue weighted by atomic mass is 10.1. The largest absolute Gasteiger partial charge is 0.389 e. The summed E-state index contributed by atoms with van der Waals surface area (Å²) in [5, 5.41) is 20.7. The summed E-state index contributed by atoms with van der Waals surface area (Å²) in [6.07, 6.45) is -0.721. The Morgan fingerprint density at radius 1 is 1.45 bits per heavy atom. The minimum absolute atomic E-state index is 0.0155. The average Bonchev–Trinajstić information content (AvgIpc) is 2.43. The van der Waals surface area contributed by atoms with Gasteiger partial charge in [-0.1, -0.05) is 6.07 Å². The van der Waals surface area contributed by atoms with Crippen molar-refractivity contribution in [3.05, 3.63) is 33.9 Å². The maximum Gasteiger partial charge on any atom is 0.292 e. The van der Waals surface area contributed by atoms with Crippen molar-refractivity contribution in [3.63, 3.8) is 0 Å². The summed E-state index contributed by atoms with van der Waals surface area (Å²) in [6, 6.07) is 4.84. The highest BCUT2D eigenvalue weighted by molar-refractivity contribution is 5.64. The predicted octanol–water partition coefficient (Wildman–Crippen LogP) is 2.51. The Hall–Kier alpha value is -1.66.